The lowest BCUT2D eigenvalue weighted by atomic mass is 10.2. The molecule has 2 heterocycles. The number of rotatable bonds is 5. The van der Waals surface area contributed by atoms with Crippen LogP contribution in [0.25, 0.3) is 0 Å². The number of thiophene rings is 1. The molecule has 0 aliphatic carbocycles. The number of nitrogens with zero attached hydrogens (tertiary/aromatic N) is 1. The first kappa shape index (κ1) is 15.4. The van der Waals surface area contributed by atoms with E-state index in [0.29, 0.717) is 26.1 Å². The molecule has 20 heavy (non-hydrogen) atoms. The van der Waals surface area contributed by atoms with Gasteiger partial charge in [-0.2, -0.15) is 4.31 Å². The fourth-order valence-corrected chi connectivity index (χ4v) is 4.76. The monoisotopic (exact) mass is 319 g/mol. The molecule has 2 rings (SSSR count). The Morgan fingerprint density at radius 2 is 2.30 bits per heavy atom. The zero-order valence-corrected chi connectivity index (χ0v) is 12.5. The molecular formula is C11H17N3O4S2. The Morgan fingerprint density at radius 3 is 2.90 bits per heavy atom. The van der Waals surface area contributed by atoms with E-state index < -0.39 is 15.9 Å². The molecule has 1 atom stereocenters. The van der Waals surface area contributed by atoms with Crippen molar-refractivity contribution in [2.45, 2.75) is 16.7 Å². The molecule has 1 saturated heterocycles. The second-order valence-electron chi connectivity index (χ2n) is 4.45. The smallest absolute Gasteiger partial charge is 0.252 e. The first-order valence-electron chi connectivity index (χ1n) is 6.15. The summed E-state index contributed by atoms with van der Waals surface area (Å²) in [5, 5.41) is 1.45. The normalized spacial score (nSPS) is 20.9. The van der Waals surface area contributed by atoms with Crippen LogP contribution in [-0.4, -0.2) is 51.0 Å². The van der Waals surface area contributed by atoms with Gasteiger partial charge in [-0.25, -0.2) is 8.42 Å². The summed E-state index contributed by atoms with van der Waals surface area (Å²) in [5.41, 5.74) is 10.8. The summed E-state index contributed by atoms with van der Waals surface area (Å²) in [6.07, 6.45) is 0.433. The van der Waals surface area contributed by atoms with Crippen LogP contribution in [0, 0.1) is 0 Å². The lowest BCUT2D eigenvalue weighted by molar-refractivity contribution is -0.00400. The van der Waals surface area contributed by atoms with Gasteiger partial charge in [-0.15, -0.1) is 11.3 Å². The van der Waals surface area contributed by atoms with E-state index in [4.69, 9.17) is 16.2 Å². The Kier molecular flexibility index (Phi) is 4.76. The summed E-state index contributed by atoms with van der Waals surface area (Å²) in [4.78, 5) is 11.0. The van der Waals surface area contributed by atoms with E-state index in [9.17, 15) is 13.2 Å². The highest BCUT2D eigenvalue weighted by Crippen LogP contribution is 2.25. The lowest BCUT2D eigenvalue weighted by Gasteiger charge is -2.31. The van der Waals surface area contributed by atoms with Crippen LogP contribution in [0.2, 0.25) is 0 Å². The van der Waals surface area contributed by atoms with Crippen LogP contribution < -0.4 is 11.5 Å². The van der Waals surface area contributed by atoms with Gasteiger partial charge in [0.25, 0.3) is 10.0 Å². The summed E-state index contributed by atoms with van der Waals surface area (Å²) in [5.74, 6) is -0.634. The molecule has 0 spiro atoms. The van der Waals surface area contributed by atoms with Crippen LogP contribution in [0.4, 0.5) is 0 Å². The van der Waals surface area contributed by atoms with Gasteiger partial charge >= 0.3 is 0 Å². The van der Waals surface area contributed by atoms with Crippen LogP contribution >= 0.6 is 11.3 Å². The number of ether oxygens (including phenoxy) is 1. The predicted octanol–water partition coefficient (Wildman–Crippen LogP) is -0.415. The second kappa shape index (κ2) is 6.19. The Morgan fingerprint density at radius 1 is 1.55 bits per heavy atom. The topological polar surface area (TPSA) is 116 Å². The molecule has 1 amide bonds. The summed E-state index contributed by atoms with van der Waals surface area (Å²) >= 11 is 0.997. The number of hydrogen-bond donors (Lipinski definition) is 2. The molecule has 1 fully saturated rings. The van der Waals surface area contributed by atoms with E-state index in [1.54, 1.807) is 0 Å². The van der Waals surface area contributed by atoms with Crippen LogP contribution in [-0.2, 0) is 14.8 Å². The van der Waals surface area contributed by atoms with Crippen molar-refractivity contribution in [2.75, 3.05) is 26.2 Å². The first-order chi connectivity index (χ1) is 9.45. The number of nitrogens with two attached hydrogens (primary N) is 2. The zero-order valence-electron chi connectivity index (χ0n) is 10.8. The average Bonchev–Trinajstić information content (AvgIpc) is 2.90. The van der Waals surface area contributed by atoms with Crippen molar-refractivity contribution in [3.63, 3.8) is 0 Å². The molecule has 1 aliphatic heterocycles. The molecule has 4 N–H and O–H groups in total. The molecule has 0 aromatic carbocycles. The van der Waals surface area contributed by atoms with E-state index in [0.717, 1.165) is 11.3 Å². The van der Waals surface area contributed by atoms with Crippen molar-refractivity contribution in [3.05, 3.63) is 17.0 Å². The van der Waals surface area contributed by atoms with E-state index in [2.05, 4.69) is 0 Å². The zero-order chi connectivity index (χ0) is 14.8. The second-order valence-corrected chi connectivity index (χ2v) is 7.53. The number of hydrogen-bond acceptors (Lipinski definition) is 6. The predicted molar refractivity (Wildman–Crippen MR) is 75.0 cm³/mol. The highest BCUT2D eigenvalue weighted by atomic mass is 32.2. The van der Waals surface area contributed by atoms with Crippen molar-refractivity contribution >= 4 is 27.3 Å². The average molecular weight is 319 g/mol. The Balaban J connectivity index is 2.18. The lowest BCUT2D eigenvalue weighted by Crippen LogP contribution is -2.45. The number of morpholine rings is 1. The van der Waals surface area contributed by atoms with Gasteiger partial charge in [-0.3, -0.25) is 4.79 Å². The summed E-state index contributed by atoms with van der Waals surface area (Å²) < 4.78 is 31.9. The summed E-state index contributed by atoms with van der Waals surface area (Å²) in [6, 6.07) is 1.32. The molecule has 7 nitrogen and oxygen atoms in total. The maximum absolute atomic E-state index is 12.5. The molecule has 0 saturated carbocycles. The van der Waals surface area contributed by atoms with Gasteiger partial charge in [0, 0.05) is 18.5 Å². The third kappa shape index (κ3) is 3.18. The molecule has 112 valence electrons. The number of amides is 1. The van der Waals surface area contributed by atoms with Crippen molar-refractivity contribution in [1.82, 2.24) is 4.31 Å². The molecule has 0 radical (unpaired) electrons. The minimum atomic E-state index is -3.60. The van der Waals surface area contributed by atoms with Gasteiger partial charge in [-0.05, 0) is 19.0 Å². The van der Waals surface area contributed by atoms with Crippen LogP contribution in [0.3, 0.4) is 0 Å². The van der Waals surface area contributed by atoms with Gasteiger partial charge in [0.05, 0.1) is 18.3 Å². The summed E-state index contributed by atoms with van der Waals surface area (Å²) in [6.45, 7) is 1.37. The standard InChI is InChI=1S/C11H17N3O4S2/c12-2-1-9-6-14(3-4-18-9)20(16,17)10-5-8(7-19-10)11(13)15/h5,7,9H,1-4,6,12H2,(H2,13,15). The Hall–Kier alpha value is -1.00. The van der Waals surface area contributed by atoms with E-state index >= 15 is 0 Å². The quantitative estimate of drug-likeness (QED) is 0.765. The molecule has 1 aromatic heterocycles. The van der Waals surface area contributed by atoms with E-state index in [-0.39, 0.29) is 22.4 Å². The van der Waals surface area contributed by atoms with Crippen LogP contribution in [0.15, 0.2) is 15.7 Å². The first-order valence-corrected chi connectivity index (χ1v) is 8.47. The molecule has 1 unspecified atom stereocenters. The maximum Gasteiger partial charge on any atom is 0.252 e. The highest BCUT2D eigenvalue weighted by molar-refractivity contribution is 7.91. The van der Waals surface area contributed by atoms with Gasteiger partial charge in [0.15, 0.2) is 0 Å². The molecular weight excluding hydrogens is 302 g/mol. The van der Waals surface area contributed by atoms with E-state index in [1.165, 1.54) is 15.8 Å². The largest absolute Gasteiger partial charge is 0.375 e. The van der Waals surface area contributed by atoms with Crippen LogP contribution in [0.1, 0.15) is 16.8 Å². The minimum absolute atomic E-state index is 0.125. The molecule has 1 aliphatic rings. The SMILES string of the molecule is NCCC1CN(S(=O)(=O)c2cc(C(N)=O)cs2)CCO1. The van der Waals surface area contributed by atoms with Crippen molar-refractivity contribution < 1.29 is 17.9 Å². The number of carbonyl (C=O) groups excluding carboxylic acids is 1. The van der Waals surface area contributed by atoms with Crippen molar-refractivity contribution in [3.8, 4) is 0 Å². The third-order valence-corrected chi connectivity index (χ3v) is 6.32. The Bertz CT molecular complexity index is 582. The van der Waals surface area contributed by atoms with Gasteiger partial charge < -0.3 is 16.2 Å². The van der Waals surface area contributed by atoms with Gasteiger partial charge in [0.1, 0.15) is 4.21 Å². The number of primary amides is 1. The fourth-order valence-electron chi connectivity index (χ4n) is 1.98. The van der Waals surface area contributed by atoms with E-state index in [1.807, 2.05) is 0 Å². The molecule has 1 aromatic rings. The van der Waals surface area contributed by atoms with Crippen molar-refractivity contribution in [2.24, 2.45) is 11.5 Å². The number of carbonyl (C=O) groups is 1. The third-order valence-electron chi connectivity index (χ3n) is 3.04. The Labute approximate surface area is 121 Å². The van der Waals surface area contributed by atoms with Crippen LogP contribution in [0.5, 0.6) is 0 Å². The fraction of sp³-hybridized carbons (Fsp3) is 0.545. The summed E-state index contributed by atoms with van der Waals surface area (Å²) in [7, 11) is -3.60. The number of sulfonamides is 1. The molecule has 0 bridgehead atoms. The maximum atomic E-state index is 12.5. The van der Waals surface area contributed by atoms with Gasteiger partial charge in [0.2, 0.25) is 5.91 Å². The highest BCUT2D eigenvalue weighted by Gasteiger charge is 2.31. The minimum Gasteiger partial charge on any atom is -0.375 e. The van der Waals surface area contributed by atoms with Gasteiger partial charge in [-0.1, -0.05) is 0 Å². The molecule has 9 heteroatoms. The van der Waals surface area contributed by atoms with Crippen molar-refractivity contribution in [1.29, 1.82) is 0 Å².